The summed E-state index contributed by atoms with van der Waals surface area (Å²) in [5, 5.41) is 40.9. The van der Waals surface area contributed by atoms with Crippen molar-refractivity contribution in [3.8, 4) is 0 Å². The molecule has 10 rings (SSSR count). The van der Waals surface area contributed by atoms with Crippen LogP contribution < -0.4 is 0 Å². The summed E-state index contributed by atoms with van der Waals surface area (Å²) in [6.07, 6.45) is -8.15. The highest BCUT2D eigenvalue weighted by molar-refractivity contribution is 6.04. The summed E-state index contributed by atoms with van der Waals surface area (Å²) in [6, 6.07) is 0. The maximum absolute atomic E-state index is 13.6. The molecular formula is C61H96O23. The van der Waals surface area contributed by atoms with Crippen molar-refractivity contribution < 1.29 is 111 Å². The predicted octanol–water partition coefficient (Wildman–Crippen LogP) is 3.87. The lowest BCUT2D eigenvalue weighted by atomic mass is 9.52. The topological polar surface area (TPSA) is 272 Å². The zero-order valence-corrected chi connectivity index (χ0v) is 51.1. The first kappa shape index (κ1) is 64.9. The number of hydrogen-bond donors (Lipinski definition) is 4. The van der Waals surface area contributed by atoms with Gasteiger partial charge in [-0.2, -0.15) is 0 Å². The number of aliphatic hydroxyl groups is 4. The second kappa shape index (κ2) is 27.6. The molecule has 0 radical (unpaired) electrons. The molecule has 0 amide bonds. The Kier molecular flexibility index (Phi) is 21.3. The summed E-state index contributed by atoms with van der Waals surface area (Å²) in [5.74, 6) is 0.663. The Morgan fingerprint density at radius 1 is 0.571 bits per heavy atom. The summed E-state index contributed by atoms with van der Waals surface area (Å²) in [5.41, 5.74) is 3.40. The van der Waals surface area contributed by atoms with Crippen LogP contribution in [0.1, 0.15) is 126 Å². The van der Waals surface area contributed by atoms with Crippen molar-refractivity contribution in [3.05, 3.63) is 22.8 Å². The molecular weight excluding hydrogens is 1100 g/mol. The summed E-state index contributed by atoms with van der Waals surface area (Å²) >= 11 is 0. The van der Waals surface area contributed by atoms with Crippen molar-refractivity contribution in [1.29, 1.82) is 0 Å². The van der Waals surface area contributed by atoms with Crippen molar-refractivity contribution in [2.24, 2.45) is 23.2 Å². The average Bonchev–Trinajstić information content (AvgIpc) is 1.42. The zero-order valence-electron chi connectivity index (χ0n) is 51.1. The molecule has 6 heterocycles. The van der Waals surface area contributed by atoms with Gasteiger partial charge in [0.1, 0.15) is 60.7 Å². The fourth-order valence-corrected chi connectivity index (χ4v) is 15.8. The van der Waals surface area contributed by atoms with Crippen LogP contribution >= 0.6 is 0 Å². The van der Waals surface area contributed by atoms with Crippen LogP contribution in [-0.2, 0) is 90.1 Å². The first-order chi connectivity index (χ1) is 40.2. The summed E-state index contributed by atoms with van der Waals surface area (Å²) < 4.78 is 107. The maximum Gasteiger partial charge on any atom is 0.187 e. The molecule has 0 aromatic rings. The third-order valence-electron chi connectivity index (χ3n) is 20.5. The molecule has 4 aliphatic carbocycles. The number of aliphatic hydroxyl groups excluding tert-OH is 4. The number of fused-ring (bicyclic) bond motifs is 4. The molecule has 0 aromatic heterocycles. The van der Waals surface area contributed by atoms with E-state index < -0.39 is 148 Å². The van der Waals surface area contributed by atoms with Crippen LogP contribution in [0.2, 0.25) is 0 Å². The average molecular weight is 1200 g/mol. The van der Waals surface area contributed by atoms with Crippen LogP contribution in [0, 0.1) is 23.2 Å². The lowest BCUT2D eigenvalue weighted by Crippen LogP contribution is -2.62. The molecule has 478 valence electrons. The number of Topliss-reactive ketones (excluding diaryl/α,β-unsaturated/α-hetero) is 2. The van der Waals surface area contributed by atoms with Gasteiger partial charge in [0.2, 0.25) is 0 Å². The van der Waals surface area contributed by atoms with Crippen molar-refractivity contribution in [2.75, 3.05) is 42.2 Å². The molecule has 7 fully saturated rings. The molecule has 6 aliphatic heterocycles. The summed E-state index contributed by atoms with van der Waals surface area (Å²) in [6.45, 7) is 12.9. The largest absolute Gasteiger partial charge is 0.394 e. The van der Waals surface area contributed by atoms with Crippen LogP contribution in [-0.4, -0.2) is 234 Å². The van der Waals surface area contributed by atoms with Crippen molar-refractivity contribution in [3.63, 3.8) is 0 Å². The normalized spacial score (nSPS) is 49.2. The quantitative estimate of drug-likeness (QED) is 0.134. The molecule has 84 heavy (non-hydrogen) atoms. The minimum Gasteiger partial charge on any atom is -0.394 e. The fraction of sp³-hybridized carbons (Fsp3) is 0.902. The monoisotopic (exact) mass is 1200 g/mol. The smallest absolute Gasteiger partial charge is 0.187 e. The van der Waals surface area contributed by atoms with Crippen LogP contribution in [0.4, 0.5) is 0 Å². The number of carbonyl (C=O) groups excluding carboxylic acids is 2. The molecule has 4 N–H and O–H groups in total. The lowest BCUT2D eigenvalue weighted by molar-refractivity contribution is -0.360. The van der Waals surface area contributed by atoms with Gasteiger partial charge in [0.15, 0.2) is 43.5 Å². The molecule has 1 saturated carbocycles. The van der Waals surface area contributed by atoms with Crippen molar-refractivity contribution in [2.45, 2.75) is 285 Å². The molecule has 30 atom stereocenters. The van der Waals surface area contributed by atoms with Gasteiger partial charge in [-0.05, 0) is 97.3 Å². The van der Waals surface area contributed by atoms with E-state index in [0.717, 1.165) is 44.1 Å². The number of ketones is 2. The van der Waals surface area contributed by atoms with Crippen LogP contribution in [0.15, 0.2) is 22.8 Å². The van der Waals surface area contributed by atoms with Gasteiger partial charge in [-0.1, -0.05) is 24.1 Å². The Balaban J connectivity index is 0.678. The maximum atomic E-state index is 13.6. The number of hydrogen-bond acceptors (Lipinski definition) is 23. The molecule has 23 heteroatoms. The van der Waals surface area contributed by atoms with Crippen LogP contribution in [0.3, 0.4) is 0 Å². The van der Waals surface area contributed by atoms with E-state index >= 15 is 0 Å². The van der Waals surface area contributed by atoms with Crippen LogP contribution in [0.25, 0.3) is 0 Å². The highest BCUT2D eigenvalue weighted by Crippen LogP contribution is 2.60. The molecule has 0 bridgehead atoms. The second-order valence-corrected chi connectivity index (χ2v) is 25.5. The van der Waals surface area contributed by atoms with Gasteiger partial charge in [0, 0.05) is 85.6 Å². The van der Waals surface area contributed by atoms with Crippen molar-refractivity contribution in [1.82, 2.24) is 0 Å². The van der Waals surface area contributed by atoms with Gasteiger partial charge in [-0.3, -0.25) is 9.59 Å². The van der Waals surface area contributed by atoms with Gasteiger partial charge in [0.05, 0.1) is 73.8 Å². The molecule has 0 spiro atoms. The first-order valence-corrected chi connectivity index (χ1v) is 30.8. The number of rotatable bonds is 19. The van der Waals surface area contributed by atoms with Crippen molar-refractivity contribution >= 4 is 11.6 Å². The zero-order chi connectivity index (χ0) is 60.1. The highest BCUT2D eigenvalue weighted by Gasteiger charge is 2.55. The van der Waals surface area contributed by atoms with Gasteiger partial charge in [-0.15, -0.1) is 0 Å². The minimum atomic E-state index is -1.60. The fourth-order valence-electron chi connectivity index (χ4n) is 15.8. The Labute approximate surface area is 494 Å². The Morgan fingerprint density at radius 2 is 0.988 bits per heavy atom. The molecule has 10 aliphatic rings. The highest BCUT2D eigenvalue weighted by atomic mass is 16.8. The number of allylic oxidation sites excluding steroid dienone is 3. The molecule has 23 nitrogen and oxygen atoms in total. The van der Waals surface area contributed by atoms with E-state index in [4.69, 9.17) is 80.5 Å². The standard InChI is InChI=1S/C61H96O23/c1-27(63)35-15-16-37-36-14-13-33-19-34(17-18-61(33,7)38(36)20-39(64)51(35)37)78-46-21-40(68-8)55(28(2)73-46)80-47-22-41(69-9)56(29(3)74-47)81-48-23-42(70-10)57(30(4)75-48)82-49-24-43(71-11)58(31(5)76-49)83-50-25-44(72-12)59(32(6)77-50)84-60-54(67)53(66)52(65)45(26-62)79-60/h13,28-32,34-36,38,40-50,52-60,62,65-67H,14-26H2,1-12H3. The van der Waals surface area contributed by atoms with E-state index in [2.05, 4.69) is 13.0 Å². The van der Waals surface area contributed by atoms with E-state index in [-0.39, 0.29) is 53.6 Å². The van der Waals surface area contributed by atoms with Gasteiger partial charge in [0.25, 0.3) is 0 Å². The Morgan fingerprint density at radius 3 is 1.39 bits per heavy atom. The van der Waals surface area contributed by atoms with E-state index in [1.807, 2.05) is 27.7 Å². The lowest BCUT2D eigenvalue weighted by Gasteiger charge is -2.53. The Hall–Kier alpha value is -2.02. The molecule has 30 unspecified atom stereocenters. The van der Waals surface area contributed by atoms with Gasteiger partial charge < -0.3 is 101 Å². The molecule has 6 saturated heterocycles. The summed E-state index contributed by atoms with van der Waals surface area (Å²) in [4.78, 5) is 26.1. The minimum absolute atomic E-state index is 0.0291. The van der Waals surface area contributed by atoms with Gasteiger partial charge in [-0.25, -0.2) is 0 Å². The number of carbonyl (C=O) groups is 2. The van der Waals surface area contributed by atoms with E-state index in [1.54, 1.807) is 42.3 Å². The van der Waals surface area contributed by atoms with E-state index in [1.165, 1.54) is 18.3 Å². The second-order valence-electron chi connectivity index (χ2n) is 25.5. The van der Waals surface area contributed by atoms with E-state index in [0.29, 0.717) is 38.0 Å². The SMILES string of the molecule is COC1CC(OC2CCC3(C)C(=CCC4C5=C(C(=O)CC43)C(C(C)=O)CC5)C2)OC(C)C1OC1CC(OC)C(OC2CC(OC)C(OC3CC(OC)C(OC4CC(OC)C(OC5OC(CO)C(O)C(O)C5O)C(C)O4)C(C)O3)C(C)O2)C(C)O1. The Bertz CT molecular complexity index is 2290. The third-order valence-corrected chi connectivity index (χ3v) is 20.5. The predicted molar refractivity (Wildman–Crippen MR) is 293 cm³/mol. The van der Waals surface area contributed by atoms with E-state index in [9.17, 15) is 30.0 Å². The third kappa shape index (κ3) is 13.3. The van der Waals surface area contributed by atoms with Gasteiger partial charge >= 0.3 is 0 Å². The number of ether oxygens (including phenoxy) is 17. The first-order valence-electron chi connectivity index (χ1n) is 30.8. The molecule has 0 aromatic carbocycles. The van der Waals surface area contributed by atoms with Crippen LogP contribution in [0.5, 0.6) is 0 Å². The summed E-state index contributed by atoms with van der Waals surface area (Å²) in [7, 11) is 8.10. The number of methoxy groups -OCH3 is 5.